The number of carbonyl (C=O) groups excluding carboxylic acids is 2. The monoisotopic (exact) mass is 342 g/mol. The lowest BCUT2D eigenvalue weighted by atomic mass is 9.94. The van der Waals surface area contributed by atoms with Crippen molar-refractivity contribution in [2.24, 2.45) is 5.92 Å². The SMILES string of the molecule is O=C(c1n[nH]c2ccccc12)N1CCC(C(=O)N2CCOCC2)CC1. The number of benzene rings is 1. The van der Waals surface area contributed by atoms with Gasteiger partial charge in [0.15, 0.2) is 5.69 Å². The van der Waals surface area contributed by atoms with Gasteiger partial charge in [-0.3, -0.25) is 14.7 Å². The van der Waals surface area contributed by atoms with Crippen molar-refractivity contribution >= 4 is 22.7 Å². The van der Waals surface area contributed by atoms with Gasteiger partial charge in [-0.25, -0.2) is 0 Å². The average molecular weight is 342 g/mol. The first-order chi connectivity index (χ1) is 12.2. The van der Waals surface area contributed by atoms with Crippen molar-refractivity contribution in [2.45, 2.75) is 12.8 Å². The number of morpholine rings is 1. The van der Waals surface area contributed by atoms with Crippen molar-refractivity contribution in [3.05, 3.63) is 30.0 Å². The summed E-state index contributed by atoms with van der Waals surface area (Å²) in [5.41, 5.74) is 1.33. The zero-order valence-corrected chi connectivity index (χ0v) is 14.1. The number of ether oxygens (including phenoxy) is 1. The van der Waals surface area contributed by atoms with E-state index in [1.54, 1.807) is 0 Å². The van der Waals surface area contributed by atoms with Gasteiger partial charge < -0.3 is 14.5 Å². The van der Waals surface area contributed by atoms with E-state index in [-0.39, 0.29) is 17.7 Å². The predicted octanol–water partition coefficient (Wildman–Crippen LogP) is 1.27. The third-order valence-electron chi connectivity index (χ3n) is 5.13. The first-order valence-corrected chi connectivity index (χ1v) is 8.83. The Hall–Kier alpha value is -2.41. The fourth-order valence-electron chi connectivity index (χ4n) is 3.65. The fourth-order valence-corrected chi connectivity index (χ4v) is 3.65. The summed E-state index contributed by atoms with van der Waals surface area (Å²) in [7, 11) is 0. The first-order valence-electron chi connectivity index (χ1n) is 8.83. The van der Waals surface area contributed by atoms with Crippen LogP contribution in [0.4, 0.5) is 0 Å². The van der Waals surface area contributed by atoms with Gasteiger partial charge in [0.25, 0.3) is 5.91 Å². The molecule has 2 aromatic rings. The number of aromatic nitrogens is 2. The normalized spacial score (nSPS) is 19.4. The van der Waals surface area contributed by atoms with Crippen LogP contribution in [0.5, 0.6) is 0 Å². The smallest absolute Gasteiger partial charge is 0.274 e. The van der Waals surface area contributed by atoms with Crippen LogP contribution in [0.3, 0.4) is 0 Å². The van der Waals surface area contributed by atoms with Gasteiger partial charge in [0, 0.05) is 37.5 Å². The number of nitrogens with one attached hydrogen (secondary N) is 1. The minimum atomic E-state index is -0.0604. The minimum Gasteiger partial charge on any atom is -0.378 e. The third-order valence-corrected chi connectivity index (χ3v) is 5.13. The number of carbonyl (C=O) groups is 2. The van der Waals surface area contributed by atoms with Gasteiger partial charge in [-0.1, -0.05) is 18.2 Å². The van der Waals surface area contributed by atoms with Crippen LogP contribution in [0.2, 0.25) is 0 Å². The summed E-state index contributed by atoms with van der Waals surface area (Å²) in [6.07, 6.45) is 1.43. The second-order valence-corrected chi connectivity index (χ2v) is 6.62. The number of H-pyrrole nitrogens is 1. The summed E-state index contributed by atoms with van der Waals surface area (Å²) in [4.78, 5) is 29.1. The van der Waals surface area contributed by atoms with Crippen molar-refractivity contribution in [3.63, 3.8) is 0 Å². The minimum absolute atomic E-state index is 0.0121. The zero-order valence-electron chi connectivity index (χ0n) is 14.1. The van der Waals surface area contributed by atoms with Crippen LogP contribution < -0.4 is 0 Å². The topological polar surface area (TPSA) is 78.5 Å². The van der Waals surface area contributed by atoms with E-state index < -0.39 is 0 Å². The molecule has 0 saturated carbocycles. The Labute approximate surface area is 145 Å². The maximum Gasteiger partial charge on any atom is 0.274 e. The molecular weight excluding hydrogens is 320 g/mol. The van der Waals surface area contributed by atoms with Gasteiger partial charge in [0.1, 0.15) is 0 Å². The Balaban J connectivity index is 1.39. The van der Waals surface area contributed by atoms with Crippen molar-refractivity contribution in [3.8, 4) is 0 Å². The highest BCUT2D eigenvalue weighted by atomic mass is 16.5. The number of hydrogen-bond acceptors (Lipinski definition) is 4. The van der Waals surface area contributed by atoms with Gasteiger partial charge in [-0.05, 0) is 18.9 Å². The van der Waals surface area contributed by atoms with Crippen LogP contribution in [0.25, 0.3) is 10.9 Å². The van der Waals surface area contributed by atoms with E-state index >= 15 is 0 Å². The Bertz CT molecular complexity index is 773. The van der Waals surface area contributed by atoms with Crippen LogP contribution >= 0.6 is 0 Å². The highest BCUT2D eigenvalue weighted by molar-refractivity contribution is 6.04. The molecule has 7 heteroatoms. The first kappa shape index (κ1) is 16.1. The number of fused-ring (bicyclic) bond motifs is 1. The van der Waals surface area contributed by atoms with Gasteiger partial charge in [-0.2, -0.15) is 5.10 Å². The molecule has 1 aromatic carbocycles. The number of likely N-dealkylation sites (tertiary alicyclic amines) is 1. The van der Waals surface area contributed by atoms with Crippen molar-refractivity contribution < 1.29 is 14.3 Å². The van der Waals surface area contributed by atoms with E-state index in [0.29, 0.717) is 57.9 Å². The molecule has 0 aliphatic carbocycles. The van der Waals surface area contributed by atoms with Crippen molar-refractivity contribution in [1.29, 1.82) is 0 Å². The maximum atomic E-state index is 12.8. The third kappa shape index (κ3) is 3.11. The van der Waals surface area contributed by atoms with Gasteiger partial charge >= 0.3 is 0 Å². The van der Waals surface area contributed by atoms with E-state index in [2.05, 4.69) is 10.2 Å². The van der Waals surface area contributed by atoms with Crippen LogP contribution in [0.1, 0.15) is 23.3 Å². The molecule has 7 nitrogen and oxygen atoms in total. The summed E-state index contributed by atoms with van der Waals surface area (Å²) in [6.45, 7) is 3.79. The number of para-hydroxylation sites is 1. The van der Waals surface area contributed by atoms with E-state index in [4.69, 9.17) is 4.74 Å². The second kappa shape index (κ2) is 6.84. The molecule has 2 saturated heterocycles. The maximum absolute atomic E-state index is 12.8. The van der Waals surface area contributed by atoms with Crippen molar-refractivity contribution in [2.75, 3.05) is 39.4 Å². The molecule has 25 heavy (non-hydrogen) atoms. The molecule has 1 aromatic heterocycles. The molecule has 0 radical (unpaired) electrons. The molecule has 0 atom stereocenters. The number of nitrogens with zero attached hydrogens (tertiary/aromatic N) is 3. The zero-order chi connectivity index (χ0) is 17.2. The number of hydrogen-bond donors (Lipinski definition) is 1. The molecule has 3 heterocycles. The van der Waals surface area contributed by atoms with Gasteiger partial charge in [0.05, 0.1) is 18.7 Å². The van der Waals surface area contributed by atoms with Crippen LogP contribution in [-0.2, 0) is 9.53 Å². The number of piperidine rings is 1. The molecule has 2 aliphatic heterocycles. The van der Waals surface area contributed by atoms with Crippen molar-refractivity contribution in [1.82, 2.24) is 20.0 Å². The summed E-state index contributed by atoms with van der Waals surface area (Å²) in [6, 6.07) is 7.63. The standard InChI is InChI=1S/C18H22N4O3/c23-17(22-9-11-25-12-10-22)13-5-7-21(8-6-13)18(24)16-14-3-1-2-4-15(14)19-20-16/h1-4,13H,5-12H2,(H,19,20). The molecule has 0 bridgehead atoms. The van der Waals surface area contributed by atoms with Gasteiger partial charge in [0.2, 0.25) is 5.91 Å². The lowest BCUT2D eigenvalue weighted by Crippen LogP contribution is -2.47. The summed E-state index contributed by atoms with van der Waals surface area (Å²) < 4.78 is 5.31. The number of rotatable bonds is 2. The fraction of sp³-hybridized carbons (Fsp3) is 0.500. The van der Waals surface area contributed by atoms with E-state index in [0.717, 1.165) is 10.9 Å². The number of aromatic amines is 1. The van der Waals surface area contributed by atoms with E-state index in [1.807, 2.05) is 34.1 Å². The van der Waals surface area contributed by atoms with Gasteiger partial charge in [-0.15, -0.1) is 0 Å². The quantitative estimate of drug-likeness (QED) is 0.892. The summed E-state index contributed by atoms with van der Waals surface area (Å²) >= 11 is 0. The Morgan fingerprint density at radius 2 is 1.76 bits per heavy atom. The molecular formula is C18H22N4O3. The number of amides is 2. The summed E-state index contributed by atoms with van der Waals surface area (Å²) in [5, 5.41) is 7.95. The Morgan fingerprint density at radius 1 is 1.04 bits per heavy atom. The van der Waals surface area contributed by atoms with E-state index in [9.17, 15) is 9.59 Å². The van der Waals surface area contributed by atoms with Crippen LogP contribution in [-0.4, -0.2) is 71.2 Å². The largest absolute Gasteiger partial charge is 0.378 e. The molecule has 1 N–H and O–H groups in total. The highest BCUT2D eigenvalue weighted by Crippen LogP contribution is 2.23. The molecule has 2 amide bonds. The lowest BCUT2D eigenvalue weighted by molar-refractivity contribution is -0.141. The molecule has 2 fully saturated rings. The van der Waals surface area contributed by atoms with Crippen LogP contribution in [0, 0.1) is 5.92 Å². The molecule has 4 rings (SSSR count). The Kier molecular flexibility index (Phi) is 4.40. The second-order valence-electron chi connectivity index (χ2n) is 6.62. The summed E-state index contributed by atoms with van der Waals surface area (Å²) in [5.74, 6) is 0.161. The van der Waals surface area contributed by atoms with E-state index in [1.165, 1.54) is 0 Å². The lowest BCUT2D eigenvalue weighted by Gasteiger charge is -2.35. The predicted molar refractivity (Wildman–Crippen MR) is 92.1 cm³/mol. The molecule has 132 valence electrons. The van der Waals surface area contributed by atoms with Crippen LogP contribution in [0.15, 0.2) is 24.3 Å². The highest BCUT2D eigenvalue weighted by Gasteiger charge is 2.32. The molecule has 0 unspecified atom stereocenters. The Morgan fingerprint density at radius 3 is 2.52 bits per heavy atom. The average Bonchev–Trinajstić information content (AvgIpc) is 3.12. The molecule has 2 aliphatic rings. The molecule has 0 spiro atoms.